The van der Waals surface area contributed by atoms with E-state index in [9.17, 15) is 0 Å². The monoisotopic (exact) mass is 326 g/mol. The van der Waals surface area contributed by atoms with E-state index in [0.717, 1.165) is 27.4 Å². The molecule has 0 unspecified atom stereocenters. The summed E-state index contributed by atoms with van der Waals surface area (Å²) in [5.74, 6) is 1.41. The fourth-order valence-corrected chi connectivity index (χ4v) is 3.15. The topological polar surface area (TPSA) is 57.4 Å². The molecule has 0 amide bonds. The number of thiazole rings is 1. The van der Waals surface area contributed by atoms with Crippen LogP contribution in [0.4, 0.5) is 0 Å². The Labute approximate surface area is 139 Å². The minimum atomic E-state index is 0.551. The minimum absolute atomic E-state index is 0.551. The van der Waals surface area contributed by atoms with Gasteiger partial charge in [0.15, 0.2) is 11.5 Å². The minimum Gasteiger partial charge on any atom is -0.493 e. The molecule has 0 aliphatic rings. The van der Waals surface area contributed by atoms with E-state index >= 15 is 0 Å². The lowest BCUT2D eigenvalue weighted by atomic mass is 10.1. The first-order valence-electron chi connectivity index (χ1n) is 7.22. The van der Waals surface area contributed by atoms with E-state index in [1.807, 2.05) is 35.7 Å². The van der Waals surface area contributed by atoms with Crippen LogP contribution in [0.15, 0.2) is 47.8 Å². The van der Waals surface area contributed by atoms with Crippen LogP contribution in [0.1, 0.15) is 5.56 Å². The lowest BCUT2D eigenvalue weighted by molar-refractivity contribution is 0.355. The number of hydrogen-bond acceptors (Lipinski definition) is 5. The third-order valence-electron chi connectivity index (χ3n) is 3.62. The Balaban J connectivity index is 1.92. The molecule has 0 spiro atoms. The molecule has 0 aliphatic carbocycles. The molecule has 0 atom stereocenters. The molecule has 0 bridgehead atoms. The van der Waals surface area contributed by atoms with E-state index in [4.69, 9.17) is 20.2 Å². The number of aromatic nitrogens is 1. The largest absolute Gasteiger partial charge is 0.493 e. The van der Waals surface area contributed by atoms with Gasteiger partial charge in [0.05, 0.1) is 19.9 Å². The predicted octanol–water partition coefficient (Wildman–Crippen LogP) is 3.95. The Morgan fingerprint density at radius 3 is 2.30 bits per heavy atom. The molecule has 0 saturated carbocycles. The lowest BCUT2D eigenvalue weighted by Crippen LogP contribution is -1.95. The molecule has 0 aliphatic heterocycles. The zero-order valence-corrected chi connectivity index (χ0v) is 13.9. The average molecular weight is 326 g/mol. The van der Waals surface area contributed by atoms with E-state index in [1.54, 1.807) is 25.6 Å². The van der Waals surface area contributed by atoms with Crippen LogP contribution in [0.25, 0.3) is 21.8 Å². The maximum Gasteiger partial charge on any atom is 0.161 e. The van der Waals surface area contributed by atoms with Crippen LogP contribution in [0.2, 0.25) is 0 Å². The number of rotatable bonds is 5. The number of methoxy groups -OCH3 is 2. The summed E-state index contributed by atoms with van der Waals surface area (Å²) < 4.78 is 10.6. The molecule has 3 rings (SSSR count). The number of hydrogen-bond donors (Lipinski definition) is 1. The van der Waals surface area contributed by atoms with E-state index < -0.39 is 0 Å². The Morgan fingerprint density at radius 1 is 0.957 bits per heavy atom. The molecule has 118 valence electrons. The highest BCUT2D eigenvalue weighted by Crippen LogP contribution is 2.34. The average Bonchev–Trinajstić information content (AvgIpc) is 3.11. The zero-order valence-electron chi connectivity index (χ0n) is 13.1. The van der Waals surface area contributed by atoms with E-state index in [0.29, 0.717) is 18.0 Å². The number of nitrogens with zero attached hydrogens (tertiary/aromatic N) is 1. The third kappa shape index (κ3) is 3.21. The predicted molar refractivity (Wildman–Crippen MR) is 94.0 cm³/mol. The summed E-state index contributed by atoms with van der Waals surface area (Å²) in [5.41, 5.74) is 9.78. The SMILES string of the molecule is COc1ccc(-c2csc(-c3ccc(CN)cc3)n2)cc1OC. The van der Waals surface area contributed by atoms with Gasteiger partial charge in [-0.15, -0.1) is 11.3 Å². The summed E-state index contributed by atoms with van der Waals surface area (Å²) in [6.45, 7) is 0.551. The quantitative estimate of drug-likeness (QED) is 0.771. The molecule has 0 saturated heterocycles. The molecule has 23 heavy (non-hydrogen) atoms. The Morgan fingerprint density at radius 2 is 1.65 bits per heavy atom. The third-order valence-corrected chi connectivity index (χ3v) is 4.51. The first-order chi connectivity index (χ1) is 11.2. The van der Waals surface area contributed by atoms with Crippen molar-refractivity contribution in [3.05, 3.63) is 53.4 Å². The van der Waals surface area contributed by atoms with E-state index in [-0.39, 0.29) is 0 Å². The number of ether oxygens (including phenoxy) is 2. The van der Waals surface area contributed by atoms with Crippen molar-refractivity contribution in [1.82, 2.24) is 4.98 Å². The Bertz CT molecular complexity index is 797. The van der Waals surface area contributed by atoms with Crippen LogP contribution >= 0.6 is 11.3 Å². The van der Waals surface area contributed by atoms with E-state index in [1.165, 1.54) is 0 Å². The summed E-state index contributed by atoms with van der Waals surface area (Å²) >= 11 is 1.62. The maximum atomic E-state index is 5.63. The molecule has 2 aromatic carbocycles. The summed E-state index contributed by atoms with van der Waals surface area (Å²) in [4.78, 5) is 4.73. The number of benzene rings is 2. The summed E-state index contributed by atoms with van der Waals surface area (Å²) in [6.07, 6.45) is 0. The van der Waals surface area contributed by atoms with Crippen molar-refractivity contribution in [2.45, 2.75) is 6.54 Å². The van der Waals surface area contributed by atoms with Gasteiger partial charge in [-0.25, -0.2) is 4.98 Å². The second-order valence-corrected chi connectivity index (χ2v) is 5.87. The van der Waals surface area contributed by atoms with Crippen LogP contribution in [0.5, 0.6) is 11.5 Å². The summed E-state index contributed by atoms with van der Waals surface area (Å²) in [6, 6.07) is 14.0. The zero-order chi connectivity index (χ0) is 16.2. The van der Waals surface area contributed by atoms with Gasteiger partial charge < -0.3 is 15.2 Å². The molecule has 1 aromatic heterocycles. The Kier molecular flexibility index (Phi) is 4.60. The number of nitrogens with two attached hydrogens (primary N) is 1. The summed E-state index contributed by atoms with van der Waals surface area (Å²) in [5, 5.41) is 3.03. The standard InChI is InChI=1S/C18H18N2O2S/c1-21-16-8-7-14(9-17(16)22-2)15-11-23-18(20-15)13-5-3-12(10-19)4-6-13/h3-9,11H,10,19H2,1-2H3. The van der Waals surface area contributed by atoms with Gasteiger partial charge in [0.2, 0.25) is 0 Å². The van der Waals surface area contributed by atoms with Crippen LogP contribution in [0, 0.1) is 0 Å². The Hall–Kier alpha value is -2.37. The van der Waals surface area contributed by atoms with Crippen molar-refractivity contribution in [3.63, 3.8) is 0 Å². The second kappa shape index (κ2) is 6.81. The second-order valence-electron chi connectivity index (χ2n) is 5.01. The van der Waals surface area contributed by atoms with Crippen LogP contribution in [-0.4, -0.2) is 19.2 Å². The van der Waals surface area contributed by atoms with Crippen LogP contribution in [-0.2, 0) is 6.54 Å². The first kappa shape index (κ1) is 15.5. The highest BCUT2D eigenvalue weighted by Gasteiger charge is 2.10. The van der Waals surface area contributed by atoms with Crippen molar-refractivity contribution in [2.75, 3.05) is 14.2 Å². The van der Waals surface area contributed by atoms with Crippen LogP contribution in [0.3, 0.4) is 0 Å². The van der Waals surface area contributed by atoms with Crippen molar-refractivity contribution < 1.29 is 9.47 Å². The van der Waals surface area contributed by atoms with Gasteiger partial charge in [0.1, 0.15) is 5.01 Å². The van der Waals surface area contributed by atoms with Gasteiger partial charge in [-0.3, -0.25) is 0 Å². The van der Waals surface area contributed by atoms with Crippen molar-refractivity contribution >= 4 is 11.3 Å². The van der Waals surface area contributed by atoms with Crippen molar-refractivity contribution in [1.29, 1.82) is 0 Å². The van der Waals surface area contributed by atoms with Gasteiger partial charge >= 0.3 is 0 Å². The molecular weight excluding hydrogens is 308 g/mol. The molecule has 5 heteroatoms. The van der Waals surface area contributed by atoms with Gasteiger partial charge in [-0.1, -0.05) is 24.3 Å². The lowest BCUT2D eigenvalue weighted by Gasteiger charge is -2.08. The van der Waals surface area contributed by atoms with Crippen LogP contribution < -0.4 is 15.2 Å². The van der Waals surface area contributed by atoms with Gasteiger partial charge in [-0.05, 0) is 23.8 Å². The maximum absolute atomic E-state index is 5.63. The fraction of sp³-hybridized carbons (Fsp3) is 0.167. The molecular formula is C18H18N2O2S. The highest BCUT2D eigenvalue weighted by molar-refractivity contribution is 7.13. The van der Waals surface area contributed by atoms with E-state index in [2.05, 4.69) is 12.1 Å². The van der Waals surface area contributed by atoms with Crippen molar-refractivity contribution in [3.8, 4) is 33.3 Å². The molecule has 4 nitrogen and oxygen atoms in total. The molecule has 2 N–H and O–H groups in total. The molecule has 1 heterocycles. The smallest absolute Gasteiger partial charge is 0.161 e. The van der Waals surface area contributed by atoms with Gasteiger partial charge in [-0.2, -0.15) is 0 Å². The first-order valence-corrected chi connectivity index (χ1v) is 8.10. The molecule has 0 radical (unpaired) electrons. The highest BCUT2D eigenvalue weighted by atomic mass is 32.1. The summed E-state index contributed by atoms with van der Waals surface area (Å²) in [7, 11) is 3.26. The van der Waals surface area contributed by atoms with Gasteiger partial charge in [0, 0.05) is 23.1 Å². The normalized spacial score (nSPS) is 10.6. The van der Waals surface area contributed by atoms with Gasteiger partial charge in [0.25, 0.3) is 0 Å². The molecule has 3 aromatic rings. The fourth-order valence-electron chi connectivity index (χ4n) is 2.32. The van der Waals surface area contributed by atoms with Crippen molar-refractivity contribution in [2.24, 2.45) is 5.73 Å². The molecule has 0 fully saturated rings.